The lowest BCUT2D eigenvalue weighted by molar-refractivity contribution is 0.345. The smallest absolute Gasteiger partial charge is 0.138 e. The van der Waals surface area contributed by atoms with E-state index in [0.29, 0.717) is 0 Å². The second-order valence-electron chi connectivity index (χ2n) is 5.36. The van der Waals surface area contributed by atoms with Crippen molar-refractivity contribution in [1.82, 2.24) is 24.7 Å². The summed E-state index contributed by atoms with van der Waals surface area (Å²) in [4.78, 5) is 13.0. The topological polar surface area (TPSA) is 56.5 Å². The summed E-state index contributed by atoms with van der Waals surface area (Å²) in [6.07, 6.45) is 3.23. The van der Waals surface area contributed by atoms with Crippen molar-refractivity contribution in [3.05, 3.63) is 29.9 Å². The van der Waals surface area contributed by atoms with Crippen molar-refractivity contribution in [2.75, 3.05) is 0 Å². The third-order valence-electron chi connectivity index (χ3n) is 2.80. The van der Waals surface area contributed by atoms with Gasteiger partial charge in [0, 0.05) is 0 Å². The van der Waals surface area contributed by atoms with E-state index in [9.17, 15) is 0 Å². The first-order valence-electron chi connectivity index (χ1n) is 6.26. The highest BCUT2D eigenvalue weighted by atomic mass is 32.2. The fraction of sp³-hybridized carbons (Fsp3) is 0.385. The largest absolute Gasteiger partial charge is 0.244 e. The molecule has 0 spiro atoms. The van der Waals surface area contributed by atoms with Crippen LogP contribution in [-0.2, 0) is 11.3 Å². The molecule has 0 aliphatic heterocycles. The minimum Gasteiger partial charge on any atom is -0.244 e. The van der Waals surface area contributed by atoms with E-state index in [1.807, 2.05) is 16.1 Å². The standard InChI is InChI=1S/C13H15N5S2/c1-13(2,3)18-10(15-8-17-18)6-20-12-11-9(4-5-19-11)14-7-16-12/h4-5,7-8H,6H2,1-3H3. The number of thioether (sulfide) groups is 1. The molecule has 0 atom stereocenters. The van der Waals surface area contributed by atoms with Gasteiger partial charge in [0.1, 0.15) is 23.5 Å². The van der Waals surface area contributed by atoms with Crippen LogP contribution in [0.3, 0.4) is 0 Å². The highest BCUT2D eigenvalue weighted by Crippen LogP contribution is 2.30. The number of thiophene rings is 1. The number of fused-ring (bicyclic) bond motifs is 1. The molecule has 0 unspecified atom stereocenters. The molecule has 0 saturated heterocycles. The molecular formula is C13H15N5S2. The molecule has 5 nitrogen and oxygen atoms in total. The van der Waals surface area contributed by atoms with Gasteiger partial charge in [-0.2, -0.15) is 5.10 Å². The maximum absolute atomic E-state index is 4.38. The predicted molar refractivity (Wildman–Crippen MR) is 82.0 cm³/mol. The quantitative estimate of drug-likeness (QED) is 0.549. The van der Waals surface area contributed by atoms with Crippen molar-refractivity contribution in [1.29, 1.82) is 0 Å². The molecule has 0 fully saturated rings. The normalized spacial score (nSPS) is 12.2. The molecule has 0 aliphatic rings. The molecule has 3 aromatic heterocycles. The summed E-state index contributed by atoms with van der Waals surface area (Å²) >= 11 is 3.35. The minimum absolute atomic E-state index is 0.0592. The van der Waals surface area contributed by atoms with Crippen molar-refractivity contribution < 1.29 is 0 Å². The van der Waals surface area contributed by atoms with E-state index in [2.05, 4.69) is 40.8 Å². The van der Waals surface area contributed by atoms with Gasteiger partial charge in [0.2, 0.25) is 0 Å². The van der Waals surface area contributed by atoms with Gasteiger partial charge < -0.3 is 0 Å². The molecule has 0 amide bonds. The van der Waals surface area contributed by atoms with Crippen LogP contribution >= 0.6 is 23.1 Å². The Balaban J connectivity index is 1.84. The number of rotatable bonds is 3. The van der Waals surface area contributed by atoms with Crippen molar-refractivity contribution in [2.24, 2.45) is 0 Å². The summed E-state index contributed by atoms with van der Waals surface area (Å²) in [6, 6.07) is 2.02. The second kappa shape index (κ2) is 5.14. The predicted octanol–water partition coefficient (Wildman–Crippen LogP) is 3.33. The van der Waals surface area contributed by atoms with E-state index in [1.165, 1.54) is 0 Å². The zero-order valence-electron chi connectivity index (χ0n) is 11.6. The van der Waals surface area contributed by atoms with Gasteiger partial charge in [-0.1, -0.05) is 11.8 Å². The van der Waals surface area contributed by atoms with Gasteiger partial charge in [-0.3, -0.25) is 0 Å². The van der Waals surface area contributed by atoms with Crippen LogP contribution in [0.1, 0.15) is 26.6 Å². The molecule has 0 aliphatic carbocycles. The molecule has 104 valence electrons. The Morgan fingerprint density at radius 1 is 1.20 bits per heavy atom. The SMILES string of the molecule is CC(C)(C)n1ncnc1CSc1ncnc2ccsc12. The Hall–Kier alpha value is -1.47. The molecule has 0 aromatic carbocycles. The van der Waals surface area contributed by atoms with Crippen molar-refractivity contribution in [3.63, 3.8) is 0 Å². The number of hydrogen-bond acceptors (Lipinski definition) is 6. The molecule has 0 saturated carbocycles. The average molecular weight is 305 g/mol. The third kappa shape index (κ3) is 2.55. The first kappa shape index (κ1) is 13.5. The second-order valence-corrected chi connectivity index (χ2v) is 7.24. The van der Waals surface area contributed by atoms with E-state index < -0.39 is 0 Å². The summed E-state index contributed by atoms with van der Waals surface area (Å²) in [5, 5.41) is 7.36. The fourth-order valence-corrected chi connectivity index (χ4v) is 3.80. The zero-order chi connectivity index (χ0) is 14.2. The third-order valence-corrected chi connectivity index (χ3v) is 4.83. The van der Waals surface area contributed by atoms with Crippen LogP contribution in [0.4, 0.5) is 0 Å². The van der Waals surface area contributed by atoms with Gasteiger partial charge in [-0.15, -0.1) is 11.3 Å². The molecule has 3 aromatic rings. The summed E-state index contributed by atoms with van der Waals surface area (Å²) in [6.45, 7) is 6.37. The fourth-order valence-electron chi connectivity index (χ4n) is 1.93. The number of aromatic nitrogens is 5. The molecule has 0 N–H and O–H groups in total. The lowest BCUT2D eigenvalue weighted by Gasteiger charge is -2.20. The molecule has 0 bridgehead atoms. The van der Waals surface area contributed by atoms with Crippen LogP contribution in [0.15, 0.2) is 29.1 Å². The van der Waals surface area contributed by atoms with Crippen molar-refractivity contribution >= 4 is 33.3 Å². The summed E-state index contributed by atoms with van der Waals surface area (Å²) < 4.78 is 3.10. The van der Waals surface area contributed by atoms with Crippen LogP contribution in [0, 0.1) is 0 Å². The van der Waals surface area contributed by atoms with Gasteiger partial charge in [0.05, 0.1) is 21.5 Å². The number of nitrogens with zero attached hydrogens (tertiary/aromatic N) is 5. The van der Waals surface area contributed by atoms with Gasteiger partial charge in [0.15, 0.2) is 0 Å². The van der Waals surface area contributed by atoms with E-state index in [4.69, 9.17) is 0 Å². The highest BCUT2D eigenvalue weighted by Gasteiger charge is 2.18. The molecule has 7 heteroatoms. The van der Waals surface area contributed by atoms with E-state index >= 15 is 0 Å². The van der Waals surface area contributed by atoms with Gasteiger partial charge in [0.25, 0.3) is 0 Å². The maximum Gasteiger partial charge on any atom is 0.138 e. The Bertz CT molecular complexity index is 726. The van der Waals surface area contributed by atoms with Crippen LogP contribution in [-0.4, -0.2) is 24.7 Å². The Labute approximate surface area is 125 Å². The monoisotopic (exact) mass is 305 g/mol. The Morgan fingerprint density at radius 2 is 2.05 bits per heavy atom. The average Bonchev–Trinajstić information content (AvgIpc) is 3.04. The molecular weight excluding hydrogens is 290 g/mol. The Morgan fingerprint density at radius 3 is 2.85 bits per heavy atom. The first-order valence-corrected chi connectivity index (χ1v) is 8.12. The molecule has 3 rings (SSSR count). The number of hydrogen-bond donors (Lipinski definition) is 0. The molecule has 20 heavy (non-hydrogen) atoms. The lowest BCUT2D eigenvalue weighted by Crippen LogP contribution is -2.25. The molecule has 3 heterocycles. The first-order chi connectivity index (χ1) is 9.55. The minimum atomic E-state index is -0.0592. The van der Waals surface area contributed by atoms with Gasteiger partial charge >= 0.3 is 0 Å². The van der Waals surface area contributed by atoms with E-state index in [1.54, 1.807) is 35.8 Å². The maximum atomic E-state index is 4.38. The van der Waals surface area contributed by atoms with Crippen molar-refractivity contribution in [3.8, 4) is 0 Å². The molecule has 0 radical (unpaired) electrons. The van der Waals surface area contributed by atoms with Crippen molar-refractivity contribution in [2.45, 2.75) is 37.1 Å². The van der Waals surface area contributed by atoms with E-state index in [-0.39, 0.29) is 5.54 Å². The van der Waals surface area contributed by atoms with Crippen LogP contribution in [0.5, 0.6) is 0 Å². The summed E-state index contributed by atoms with van der Waals surface area (Å²) in [5.41, 5.74) is 0.945. The summed E-state index contributed by atoms with van der Waals surface area (Å²) in [7, 11) is 0. The summed E-state index contributed by atoms with van der Waals surface area (Å²) in [5.74, 6) is 1.71. The Kier molecular flexibility index (Phi) is 3.47. The van der Waals surface area contributed by atoms with Gasteiger partial charge in [-0.05, 0) is 32.2 Å². The lowest BCUT2D eigenvalue weighted by atomic mass is 10.1. The van der Waals surface area contributed by atoms with Gasteiger partial charge in [-0.25, -0.2) is 19.6 Å². The van der Waals surface area contributed by atoms with E-state index in [0.717, 1.165) is 26.8 Å². The highest BCUT2D eigenvalue weighted by molar-refractivity contribution is 7.98. The van der Waals surface area contributed by atoms with Crippen LogP contribution < -0.4 is 0 Å². The van der Waals surface area contributed by atoms with Crippen LogP contribution in [0.25, 0.3) is 10.2 Å². The zero-order valence-corrected chi connectivity index (χ0v) is 13.2. The van der Waals surface area contributed by atoms with Crippen LogP contribution in [0.2, 0.25) is 0 Å².